The molecule has 0 saturated carbocycles. The summed E-state index contributed by atoms with van der Waals surface area (Å²) in [6, 6.07) is 3.48. The molecule has 1 rings (SSSR count). The van der Waals surface area contributed by atoms with Crippen LogP contribution in [-0.4, -0.2) is 51.2 Å². The van der Waals surface area contributed by atoms with Crippen LogP contribution in [0.5, 0.6) is 0 Å². The summed E-state index contributed by atoms with van der Waals surface area (Å²) in [7, 11) is 0.709. The van der Waals surface area contributed by atoms with E-state index in [9.17, 15) is 8.42 Å². The summed E-state index contributed by atoms with van der Waals surface area (Å²) < 4.78 is 23.1. The zero-order chi connectivity index (χ0) is 13.1. The van der Waals surface area contributed by atoms with Crippen molar-refractivity contribution in [3.05, 3.63) is 18.3 Å². The summed E-state index contributed by atoms with van der Waals surface area (Å²) in [6.45, 7) is 2.70. The lowest BCUT2D eigenvalue weighted by Crippen LogP contribution is -2.32. The summed E-state index contributed by atoms with van der Waals surface area (Å²) in [5.41, 5.74) is 0. The third kappa shape index (κ3) is 3.98. The quantitative estimate of drug-likeness (QED) is 0.847. The lowest BCUT2D eigenvalue weighted by atomic mass is 10.3. The smallest absolute Gasteiger partial charge is 0.179 e. The van der Waals surface area contributed by atoms with Gasteiger partial charge in [-0.15, -0.1) is 0 Å². The molecule has 1 unspecified atom stereocenters. The van der Waals surface area contributed by atoms with Gasteiger partial charge in [0.25, 0.3) is 0 Å². The van der Waals surface area contributed by atoms with Crippen LogP contribution in [0.15, 0.2) is 23.2 Å². The van der Waals surface area contributed by atoms with Crippen molar-refractivity contribution >= 4 is 15.7 Å². The van der Waals surface area contributed by atoms with Gasteiger partial charge >= 0.3 is 0 Å². The molecule has 0 saturated heterocycles. The first kappa shape index (κ1) is 13.9. The first-order valence-electron chi connectivity index (χ1n) is 5.37. The van der Waals surface area contributed by atoms with Gasteiger partial charge < -0.3 is 10.2 Å². The summed E-state index contributed by atoms with van der Waals surface area (Å²) in [4.78, 5) is 6.36. The van der Waals surface area contributed by atoms with Crippen LogP contribution in [0.2, 0.25) is 0 Å². The van der Waals surface area contributed by atoms with Gasteiger partial charge in [-0.1, -0.05) is 0 Å². The maximum Gasteiger partial charge on any atom is 0.179 e. The predicted octanol–water partition coefficient (Wildman–Crippen LogP) is 0.847. The Morgan fingerprint density at radius 2 is 2.12 bits per heavy atom. The third-order valence-electron chi connectivity index (χ3n) is 2.62. The van der Waals surface area contributed by atoms with Gasteiger partial charge in [0.1, 0.15) is 10.7 Å². The standard InChI is InChI=1S/C11H19N3O2S/c1-9(14(2)3)8-13-11-10(17(4,15)16)6-5-7-12-11/h5-7,9H,8H2,1-4H3,(H,12,13). The molecule has 0 amide bonds. The van der Waals surface area contributed by atoms with Gasteiger partial charge in [-0.25, -0.2) is 13.4 Å². The van der Waals surface area contributed by atoms with Crippen molar-refractivity contribution in [3.63, 3.8) is 0 Å². The first-order chi connectivity index (χ1) is 7.82. The molecule has 5 nitrogen and oxygen atoms in total. The molecule has 96 valence electrons. The Morgan fingerprint density at radius 1 is 1.47 bits per heavy atom. The van der Waals surface area contributed by atoms with Gasteiger partial charge in [0.05, 0.1) is 0 Å². The molecule has 0 aliphatic heterocycles. The van der Waals surface area contributed by atoms with Crippen LogP contribution in [0.1, 0.15) is 6.92 Å². The summed E-state index contributed by atoms with van der Waals surface area (Å²) in [5.74, 6) is 0.420. The van der Waals surface area contributed by atoms with E-state index >= 15 is 0 Å². The summed E-state index contributed by atoms with van der Waals surface area (Å²) >= 11 is 0. The zero-order valence-electron chi connectivity index (χ0n) is 10.6. The number of sulfone groups is 1. The molecule has 17 heavy (non-hydrogen) atoms. The molecule has 0 aliphatic rings. The van der Waals surface area contributed by atoms with Crippen LogP contribution in [0.25, 0.3) is 0 Å². The fourth-order valence-electron chi connectivity index (χ4n) is 1.25. The van der Waals surface area contributed by atoms with Crippen LogP contribution < -0.4 is 5.32 Å². The lowest BCUT2D eigenvalue weighted by Gasteiger charge is -2.20. The largest absolute Gasteiger partial charge is 0.367 e. The van der Waals surface area contributed by atoms with Crippen molar-refractivity contribution < 1.29 is 8.42 Å². The number of nitrogens with zero attached hydrogens (tertiary/aromatic N) is 2. The van der Waals surface area contributed by atoms with Crippen molar-refractivity contribution in [1.82, 2.24) is 9.88 Å². The molecule has 0 fully saturated rings. The van der Waals surface area contributed by atoms with Crippen molar-refractivity contribution in [2.45, 2.75) is 17.9 Å². The monoisotopic (exact) mass is 257 g/mol. The Kier molecular flexibility index (Phi) is 4.47. The van der Waals surface area contributed by atoms with Crippen molar-refractivity contribution in [2.75, 3.05) is 32.2 Å². The van der Waals surface area contributed by atoms with Gasteiger partial charge in [-0.3, -0.25) is 0 Å². The minimum Gasteiger partial charge on any atom is -0.367 e. The van der Waals surface area contributed by atoms with Crippen LogP contribution in [-0.2, 0) is 9.84 Å². The SMILES string of the molecule is CC(CNc1ncccc1S(C)(=O)=O)N(C)C. The molecule has 0 bridgehead atoms. The number of rotatable bonds is 5. The molecular weight excluding hydrogens is 238 g/mol. The van der Waals surface area contributed by atoms with Gasteiger partial charge in [0.15, 0.2) is 9.84 Å². The van der Waals surface area contributed by atoms with Gasteiger partial charge in [-0.2, -0.15) is 0 Å². The molecule has 1 N–H and O–H groups in total. The van der Waals surface area contributed by atoms with Crippen LogP contribution >= 0.6 is 0 Å². The molecular formula is C11H19N3O2S. The van der Waals surface area contributed by atoms with E-state index in [0.29, 0.717) is 18.4 Å². The van der Waals surface area contributed by atoms with Crippen molar-refractivity contribution in [3.8, 4) is 0 Å². The summed E-state index contributed by atoms with van der Waals surface area (Å²) in [6.07, 6.45) is 2.77. The van der Waals surface area contributed by atoms with E-state index in [4.69, 9.17) is 0 Å². The molecule has 0 aliphatic carbocycles. The topological polar surface area (TPSA) is 62.3 Å². The van der Waals surface area contributed by atoms with Crippen LogP contribution in [0, 0.1) is 0 Å². The highest BCUT2D eigenvalue weighted by molar-refractivity contribution is 7.90. The zero-order valence-corrected chi connectivity index (χ0v) is 11.5. The van der Waals surface area contributed by atoms with E-state index in [1.807, 2.05) is 14.1 Å². The predicted molar refractivity (Wildman–Crippen MR) is 69.0 cm³/mol. The molecule has 1 atom stereocenters. The maximum atomic E-state index is 11.5. The highest BCUT2D eigenvalue weighted by Gasteiger charge is 2.14. The number of pyridine rings is 1. The highest BCUT2D eigenvalue weighted by Crippen LogP contribution is 2.17. The fourth-order valence-corrected chi connectivity index (χ4v) is 2.05. The van der Waals surface area contributed by atoms with E-state index in [1.54, 1.807) is 18.3 Å². The second-order valence-electron chi connectivity index (χ2n) is 4.32. The second-order valence-corrected chi connectivity index (χ2v) is 6.30. The Balaban J connectivity index is 2.85. The minimum absolute atomic E-state index is 0.242. The van der Waals surface area contributed by atoms with E-state index in [2.05, 4.69) is 22.1 Å². The number of hydrogen-bond donors (Lipinski definition) is 1. The molecule has 0 radical (unpaired) electrons. The summed E-state index contributed by atoms with van der Waals surface area (Å²) in [5, 5.41) is 3.07. The Hall–Kier alpha value is -1.14. The minimum atomic E-state index is -3.24. The van der Waals surface area contributed by atoms with E-state index in [1.165, 1.54) is 6.26 Å². The normalized spacial score (nSPS) is 13.7. The van der Waals surface area contributed by atoms with Gasteiger partial charge in [0, 0.05) is 25.0 Å². The second kappa shape index (κ2) is 5.46. The molecule has 6 heteroatoms. The number of anilines is 1. The van der Waals surface area contributed by atoms with Gasteiger partial charge in [-0.05, 0) is 33.2 Å². The molecule has 1 aromatic heterocycles. The molecule has 0 spiro atoms. The molecule has 1 aromatic rings. The lowest BCUT2D eigenvalue weighted by molar-refractivity contribution is 0.326. The number of nitrogens with one attached hydrogen (secondary N) is 1. The first-order valence-corrected chi connectivity index (χ1v) is 7.27. The third-order valence-corrected chi connectivity index (χ3v) is 3.75. The van der Waals surface area contributed by atoms with Crippen LogP contribution in [0.4, 0.5) is 5.82 Å². The molecule has 0 aromatic carbocycles. The Bertz CT molecular complexity index is 471. The fraction of sp³-hybridized carbons (Fsp3) is 0.545. The number of hydrogen-bond acceptors (Lipinski definition) is 5. The van der Waals surface area contributed by atoms with Crippen molar-refractivity contribution in [2.24, 2.45) is 0 Å². The van der Waals surface area contributed by atoms with E-state index < -0.39 is 9.84 Å². The Morgan fingerprint density at radius 3 is 2.65 bits per heavy atom. The van der Waals surface area contributed by atoms with E-state index in [-0.39, 0.29) is 4.90 Å². The highest BCUT2D eigenvalue weighted by atomic mass is 32.2. The van der Waals surface area contributed by atoms with Gasteiger partial charge in [0.2, 0.25) is 0 Å². The average Bonchev–Trinajstić information content (AvgIpc) is 2.24. The Labute approximate surface area is 103 Å². The maximum absolute atomic E-state index is 11.5. The van der Waals surface area contributed by atoms with Crippen LogP contribution in [0.3, 0.4) is 0 Å². The molecule has 1 heterocycles. The van der Waals surface area contributed by atoms with E-state index in [0.717, 1.165) is 0 Å². The number of likely N-dealkylation sites (N-methyl/N-ethyl adjacent to an activating group) is 1. The van der Waals surface area contributed by atoms with Crippen molar-refractivity contribution in [1.29, 1.82) is 0 Å². The number of aromatic nitrogens is 1. The average molecular weight is 257 g/mol.